The lowest BCUT2D eigenvalue weighted by Crippen LogP contribution is -1.99. The van der Waals surface area contributed by atoms with Crippen LogP contribution in [0.1, 0.15) is 0 Å². The van der Waals surface area contributed by atoms with E-state index in [0.29, 0.717) is 11.3 Å². The Labute approximate surface area is 92.8 Å². The van der Waals surface area contributed by atoms with Crippen LogP contribution in [-0.2, 0) is 9.84 Å². The third kappa shape index (κ3) is 1.92. The van der Waals surface area contributed by atoms with E-state index in [-0.39, 0.29) is 10.9 Å². The van der Waals surface area contributed by atoms with Crippen LogP contribution >= 0.6 is 0 Å². The van der Waals surface area contributed by atoms with Gasteiger partial charge < -0.3 is 10.2 Å². The molecule has 0 amide bonds. The summed E-state index contributed by atoms with van der Waals surface area (Å²) in [7, 11) is -3.30. The lowest BCUT2D eigenvalue weighted by atomic mass is 10.2. The standard InChI is InChI=1S/C10H10N2O3S/c1-16(13,14)9-5-3-2-4-7(9)8-6-12-10(11)15-8/h2-6H,1H3,(H2,11,12). The quantitative estimate of drug-likeness (QED) is 0.852. The van der Waals surface area contributed by atoms with E-state index in [0.717, 1.165) is 6.26 Å². The summed E-state index contributed by atoms with van der Waals surface area (Å²) in [4.78, 5) is 3.93. The minimum atomic E-state index is -3.30. The van der Waals surface area contributed by atoms with Gasteiger partial charge in [0.2, 0.25) is 0 Å². The Morgan fingerprint density at radius 3 is 2.56 bits per heavy atom. The summed E-state index contributed by atoms with van der Waals surface area (Å²) in [6.45, 7) is 0. The van der Waals surface area contributed by atoms with Crippen molar-refractivity contribution in [2.45, 2.75) is 4.90 Å². The summed E-state index contributed by atoms with van der Waals surface area (Å²) in [5, 5.41) is 0. The average Bonchev–Trinajstić information content (AvgIpc) is 2.64. The summed E-state index contributed by atoms with van der Waals surface area (Å²) < 4.78 is 28.2. The molecule has 1 aromatic heterocycles. The number of hydrogen-bond acceptors (Lipinski definition) is 5. The van der Waals surface area contributed by atoms with Gasteiger partial charge in [0.15, 0.2) is 15.6 Å². The molecule has 0 bridgehead atoms. The number of benzene rings is 1. The molecule has 0 aliphatic carbocycles. The number of sulfone groups is 1. The van der Waals surface area contributed by atoms with Crippen LogP contribution in [0.3, 0.4) is 0 Å². The van der Waals surface area contributed by atoms with Crippen LogP contribution in [0.4, 0.5) is 6.01 Å². The lowest BCUT2D eigenvalue weighted by Gasteiger charge is -2.03. The van der Waals surface area contributed by atoms with Crippen molar-refractivity contribution in [3.05, 3.63) is 30.5 Å². The zero-order valence-electron chi connectivity index (χ0n) is 8.54. The van der Waals surface area contributed by atoms with Gasteiger partial charge in [-0.3, -0.25) is 0 Å². The molecule has 2 rings (SSSR count). The molecule has 0 fully saturated rings. The van der Waals surface area contributed by atoms with E-state index in [9.17, 15) is 8.42 Å². The first-order chi connectivity index (χ1) is 7.48. The SMILES string of the molecule is CS(=O)(=O)c1ccccc1-c1cnc(N)o1. The maximum absolute atomic E-state index is 11.5. The normalized spacial score (nSPS) is 11.6. The van der Waals surface area contributed by atoms with Gasteiger partial charge in [0, 0.05) is 11.8 Å². The van der Waals surface area contributed by atoms with Crippen molar-refractivity contribution in [1.82, 2.24) is 4.98 Å². The Bertz CT molecular complexity index is 616. The van der Waals surface area contributed by atoms with E-state index in [1.54, 1.807) is 18.2 Å². The number of aromatic nitrogens is 1. The average molecular weight is 238 g/mol. The van der Waals surface area contributed by atoms with E-state index >= 15 is 0 Å². The fraction of sp³-hybridized carbons (Fsp3) is 0.100. The summed E-state index contributed by atoms with van der Waals surface area (Å²) in [5.74, 6) is 0.346. The number of nitrogen functional groups attached to an aromatic ring is 1. The van der Waals surface area contributed by atoms with Crippen molar-refractivity contribution in [2.75, 3.05) is 12.0 Å². The minimum Gasteiger partial charge on any atom is -0.424 e. The summed E-state index contributed by atoms with van der Waals surface area (Å²) in [5.41, 5.74) is 5.81. The van der Waals surface area contributed by atoms with Crippen molar-refractivity contribution in [2.24, 2.45) is 0 Å². The highest BCUT2D eigenvalue weighted by Crippen LogP contribution is 2.28. The Morgan fingerprint density at radius 2 is 2.00 bits per heavy atom. The number of anilines is 1. The van der Waals surface area contributed by atoms with Crippen LogP contribution in [0.25, 0.3) is 11.3 Å². The maximum Gasteiger partial charge on any atom is 0.292 e. The third-order valence-electron chi connectivity index (χ3n) is 2.08. The molecule has 84 valence electrons. The molecule has 0 aliphatic rings. The number of hydrogen-bond donors (Lipinski definition) is 1. The first-order valence-corrected chi connectivity index (χ1v) is 6.38. The van der Waals surface area contributed by atoms with Crippen LogP contribution in [0.2, 0.25) is 0 Å². The van der Waals surface area contributed by atoms with Crippen molar-refractivity contribution < 1.29 is 12.8 Å². The third-order valence-corrected chi connectivity index (χ3v) is 3.23. The second-order valence-corrected chi connectivity index (χ2v) is 5.32. The van der Waals surface area contributed by atoms with Gasteiger partial charge in [-0.1, -0.05) is 12.1 Å². The van der Waals surface area contributed by atoms with Crippen LogP contribution < -0.4 is 5.73 Å². The zero-order chi connectivity index (χ0) is 11.8. The molecule has 0 radical (unpaired) electrons. The van der Waals surface area contributed by atoms with E-state index in [4.69, 9.17) is 10.2 Å². The Morgan fingerprint density at radius 1 is 1.31 bits per heavy atom. The van der Waals surface area contributed by atoms with E-state index in [1.807, 2.05) is 0 Å². The largest absolute Gasteiger partial charge is 0.424 e. The van der Waals surface area contributed by atoms with E-state index in [2.05, 4.69) is 4.98 Å². The van der Waals surface area contributed by atoms with Crippen molar-refractivity contribution in [3.8, 4) is 11.3 Å². The Hall–Kier alpha value is -1.82. The highest BCUT2D eigenvalue weighted by Gasteiger charge is 2.16. The van der Waals surface area contributed by atoms with Gasteiger partial charge in [-0.15, -0.1) is 0 Å². The second-order valence-electron chi connectivity index (χ2n) is 3.33. The molecule has 0 aliphatic heterocycles. The highest BCUT2D eigenvalue weighted by molar-refractivity contribution is 7.90. The molecular weight excluding hydrogens is 228 g/mol. The predicted molar refractivity (Wildman–Crippen MR) is 59.5 cm³/mol. The van der Waals surface area contributed by atoms with Crippen molar-refractivity contribution in [3.63, 3.8) is 0 Å². The van der Waals surface area contributed by atoms with E-state index in [1.165, 1.54) is 12.3 Å². The molecule has 2 N–H and O–H groups in total. The highest BCUT2D eigenvalue weighted by atomic mass is 32.2. The summed E-state index contributed by atoms with van der Waals surface area (Å²) in [6, 6.07) is 6.56. The number of nitrogens with two attached hydrogens (primary N) is 1. The molecular formula is C10H10N2O3S. The molecule has 6 heteroatoms. The fourth-order valence-electron chi connectivity index (χ4n) is 1.41. The van der Waals surface area contributed by atoms with Gasteiger partial charge >= 0.3 is 0 Å². The van der Waals surface area contributed by atoms with Gasteiger partial charge in [0.05, 0.1) is 11.1 Å². The van der Waals surface area contributed by atoms with Gasteiger partial charge in [-0.25, -0.2) is 13.4 Å². The van der Waals surface area contributed by atoms with Gasteiger partial charge in [-0.2, -0.15) is 0 Å². The first-order valence-electron chi connectivity index (χ1n) is 4.49. The molecule has 2 aromatic rings. The smallest absolute Gasteiger partial charge is 0.292 e. The monoisotopic (exact) mass is 238 g/mol. The fourth-order valence-corrected chi connectivity index (χ4v) is 2.30. The molecule has 0 unspecified atom stereocenters. The number of oxazole rings is 1. The van der Waals surface area contributed by atoms with Gasteiger partial charge in [0.25, 0.3) is 6.01 Å². The van der Waals surface area contributed by atoms with E-state index < -0.39 is 9.84 Å². The van der Waals surface area contributed by atoms with Crippen LogP contribution in [0, 0.1) is 0 Å². The van der Waals surface area contributed by atoms with Crippen LogP contribution in [-0.4, -0.2) is 19.7 Å². The minimum absolute atomic E-state index is 0.0123. The number of nitrogens with zero attached hydrogens (tertiary/aromatic N) is 1. The van der Waals surface area contributed by atoms with Crippen molar-refractivity contribution >= 4 is 15.9 Å². The van der Waals surface area contributed by atoms with Crippen LogP contribution in [0.5, 0.6) is 0 Å². The molecule has 5 nitrogen and oxygen atoms in total. The maximum atomic E-state index is 11.5. The topological polar surface area (TPSA) is 86.2 Å². The van der Waals surface area contributed by atoms with Gasteiger partial charge in [-0.05, 0) is 12.1 Å². The Balaban J connectivity index is 2.66. The molecule has 0 saturated carbocycles. The molecule has 1 heterocycles. The molecule has 0 spiro atoms. The summed E-state index contributed by atoms with van der Waals surface area (Å²) in [6.07, 6.45) is 2.55. The van der Waals surface area contributed by atoms with Gasteiger partial charge in [0.1, 0.15) is 0 Å². The molecule has 0 saturated heterocycles. The predicted octanol–water partition coefficient (Wildman–Crippen LogP) is 1.33. The Kier molecular flexibility index (Phi) is 2.43. The second kappa shape index (κ2) is 3.64. The zero-order valence-corrected chi connectivity index (χ0v) is 9.36. The summed E-state index contributed by atoms with van der Waals surface area (Å²) >= 11 is 0. The lowest BCUT2D eigenvalue weighted by molar-refractivity contribution is 0.588. The number of rotatable bonds is 2. The molecule has 0 atom stereocenters. The van der Waals surface area contributed by atoms with Crippen LogP contribution in [0.15, 0.2) is 39.8 Å². The first kappa shape index (κ1) is 10.7. The molecule has 16 heavy (non-hydrogen) atoms. The molecule has 1 aromatic carbocycles. The van der Waals surface area contributed by atoms with Crippen molar-refractivity contribution in [1.29, 1.82) is 0 Å².